The maximum atomic E-state index is 13.2. The van der Waals surface area contributed by atoms with E-state index in [1.807, 2.05) is 12.1 Å². The van der Waals surface area contributed by atoms with Crippen molar-refractivity contribution in [2.45, 2.75) is 6.04 Å². The van der Waals surface area contributed by atoms with Crippen molar-refractivity contribution < 1.29 is 4.39 Å². The average Bonchev–Trinajstić information content (AvgIpc) is 2.87. The number of aromatic nitrogens is 4. The fourth-order valence-corrected chi connectivity index (χ4v) is 4.09. The van der Waals surface area contributed by atoms with Crippen LogP contribution in [-0.2, 0) is 7.05 Å². The molecule has 1 unspecified atom stereocenters. The van der Waals surface area contributed by atoms with Crippen molar-refractivity contribution in [2.24, 2.45) is 7.05 Å². The Bertz CT molecular complexity index is 1310. The third-order valence-corrected chi connectivity index (χ3v) is 5.90. The van der Waals surface area contributed by atoms with Gasteiger partial charge in [-0.25, -0.2) is 19.3 Å². The Hall–Kier alpha value is -3.91. The molecule has 1 N–H and O–H groups in total. The molecule has 2 aromatic heterocycles. The summed E-state index contributed by atoms with van der Waals surface area (Å²) in [5, 5.41) is 3.56. The molecule has 1 saturated heterocycles. The number of rotatable bonds is 4. The summed E-state index contributed by atoms with van der Waals surface area (Å²) in [6, 6.07) is 18.1. The number of benzene rings is 2. The zero-order valence-electron chi connectivity index (χ0n) is 18.1. The molecule has 5 rings (SSSR count). The Morgan fingerprint density at radius 2 is 1.73 bits per heavy atom. The summed E-state index contributed by atoms with van der Waals surface area (Å²) in [6.07, 6.45) is 3.09. The highest BCUT2D eigenvalue weighted by Crippen LogP contribution is 2.25. The lowest BCUT2D eigenvalue weighted by atomic mass is 9.99. The van der Waals surface area contributed by atoms with Crippen LogP contribution in [0.15, 0.2) is 78.0 Å². The van der Waals surface area contributed by atoms with Crippen LogP contribution in [0.3, 0.4) is 0 Å². The summed E-state index contributed by atoms with van der Waals surface area (Å²) in [6.45, 7) is 2.17. The van der Waals surface area contributed by atoms with Gasteiger partial charge in [-0.15, -0.1) is 0 Å². The van der Waals surface area contributed by atoms with Crippen molar-refractivity contribution in [1.82, 2.24) is 24.8 Å². The maximum absolute atomic E-state index is 13.2. The number of hydrogen-bond acceptors (Lipinski definition) is 6. The molecular weight excluding hydrogens is 419 g/mol. The van der Waals surface area contributed by atoms with Crippen molar-refractivity contribution in [3.05, 3.63) is 94.9 Å². The molecule has 33 heavy (non-hydrogen) atoms. The molecule has 8 heteroatoms. The average molecular weight is 442 g/mol. The van der Waals surface area contributed by atoms with Crippen LogP contribution >= 0.6 is 0 Å². The van der Waals surface area contributed by atoms with E-state index in [0.29, 0.717) is 23.9 Å². The molecule has 0 radical (unpaired) electrons. The summed E-state index contributed by atoms with van der Waals surface area (Å²) in [7, 11) is 1.74. The predicted molar refractivity (Wildman–Crippen MR) is 125 cm³/mol. The van der Waals surface area contributed by atoms with Crippen LogP contribution in [0.4, 0.5) is 10.3 Å². The first-order valence-corrected chi connectivity index (χ1v) is 10.8. The molecule has 166 valence electrons. The highest BCUT2D eigenvalue weighted by molar-refractivity contribution is 5.63. The van der Waals surface area contributed by atoms with E-state index in [0.717, 1.165) is 29.8 Å². The summed E-state index contributed by atoms with van der Waals surface area (Å²) in [5.41, 5.74) is 4.17. The van der Waals surface area contributed by atoms with Crippen molar-refractivity contribution in [1.29, 1.82) is 0 Å². The first kappa shape index (κ1) is 21.0. The van der Waals surface area contributed by atoms with Gasteiger partial charge in [0.1, 0.15) is 12.1 Å². The number of hydrogen-bond donors (Lipinski definition) is 1. The summed E-state index contributed by atoms with van der Waals surface area (Å²) < 4.78 is 14.8. The van der Waals surface area contributed by atoms with Gasteiger partial charge in [-0.2, -0.15) is 0 Å². The molecule has 1 fully saturated rings. The lowest BCUT2D eigenvalue weighted by Crippen LogP contribution is -2.47. The Kier molecular flexibility index (Phi) is 5.66. The Labute approximate surface area is 190 Å². The first-order valence-electron chi connectivity index (χ1n) is 10.8. The molecule has 0 amide bonds. The Balaban J connectivity index is 1.39. The van der Waals surface area contributed by atoms with Crippen molar-refractivity contribution in [3.63, 3.8) is 0 Å². The lowest BCUT2D eigenvalue weighted by Gasteiger charge is -2.35. The Morgan fingerprint density at radius 1 is 1.00 bits per heavy atom. The molecule has 0 bridgehead atoms. The fourth-order valence-electron chi connectivity index (χ4n) is 4.09. The van der Waals surface area contributed by atoms with Crippen LogP contribution < -0.4 is 15.8 Å². The van der Waals surface area contributed by atoms with Gasteiger partial charge in [-0.1, -0.05) is 36.4 Å². The van der Waals surface area contributed by atoms with E-state index >= 15 is 0 Å². The molecule has 4 aromatic rings. The van der Waals surface area contributed by atoms with E-state index in [2.05, 4.69) is 32.3 Å². The van der Waals surface area contributed by atoms with Crippen LogP contribution in [-0.4, -0.2) is 39.2 Å². The fraction of sp³-hybridized carbons (Fsp3) is 0.200. The number of piperazine rings is 1. The van der Waals surface area contributed by atoms with Gasteiger partial charge in [0.05, 0.1) is 11.4 Å². The van der Waals surface area contributed by atoms with Crippen molar-refractivity contribution in [3.8, 4) is 22.5 Å². The monoisotopic (exact) mass is 442 g/mol. The van der Waals surface area contributed by atoms with Gasteiger partial charge in [0.25, 0.3) is 5.56 Å². The zero-order valence-corrected chi connectivity index (χ0v) is 18.1. The number of nitrogens with zero attached hydrogens (tertiary/aromatic N) is 5. The van der Waals surface area contributed by atoms with Gasteiger partial charge < -0.3 is 10.2 Å². The van der Waals surface area contributed by atoms with Crippen LogP contribution in [0.1, 0.15) is 11.6 Å². The largest absolute Gasteiger partial charge is 0.339 e. The quantitative estimate of drug-likeness (QED) is 0.523. The van der Waals surface area contributed by atoms with Crippen LogP contribution in [0.25, 0.3) is 22.5 Å². The predicted octanol–water partition coefficient (Wildman–Crippen LogP) is 3.19. The number of nitrogens with one attached hydrogen (secondary N) is 1. The van der Waals surface area contributed by atoms with E-state index < -0.39 is 0 Å². The molecule has 2 aromatic carbocycles. The van der Waals surface area contributed by atoms with Crippen LogP contribution in [0.5, 0.6) is 0 Å². The van der Waals surface area contributed by atoms with E-state index in [1.165, 1.54) is 24.5 Å². The van der Waals surface area contributed by atoms with Gasteiger partial charge in [-0.3, -0.25) is 9.36 Å². The maximum Gasteiger partial charge on any atom is 0.255 e. The second kappa shape index (κ2) is 8.91. The third kappa shape index (κ3) is 4.38. The molecule has 1 aliphatic rings. The smallest absolute Gasteiger partial charge is 0.255 e. The van der Waals surface area contributed by atoms with Gasteiger partial charge in [0.15, 0.2) is 0 Å². The standard InChI is InChI=1S/C25H23FN6O/c1-31-24(33)14-22(21-10-11-27-16-29-21)30-25(31)32-13-12-28-23(15-32)19-4-2-17(3-5-19)18-6-8-20(26)9-7-18/h2-11,14,16,23,28H,12-13,15H2,1H3. The molecule has 0 saturated carbocycles. The van der Waals surface area contributed by atoms with Gasteiger partial charge in [0.2, 0.25) is 5.95 Å². The van der Waals surface area contributed by atoms with Crippen LogP contribution in [0, 0.1) is 5.82 Å². The number of anilines is 1. The van der Waals surface area contributed by atoms with Gasteiger partial charge in [-0.05, 0) is 34.9 Å². The SMILES string of the molecule is Cn1c(N2CCNC(c3ccc(-c4ccc(F)cc4)cc3)C2)nc(-c2ccncn2)cc1=O. The van der Waals surface area contributed by atoms with E-state index in [4.69, 9.17) is 4.98 Å². The molecule has 3 heterocycles. The van der Waals surface area contributed by atoms with Gasteiger partial charge in [0, 0.05) is 45.0 Å². The van der Waals surface area contributed by atoms with E-state index in [-0.39, 0.29) is 17.4 Å². The van der Waals surface area contributed by atoms with Crippen LogP contribution in [0.2, 0.25) is 0 Å². The minimum Gasteiger partial charge on any atom is -0.339 e. The summed E-state index contributed by atoms with van der Waals surface area (Å²) >= 11 is 0. The van der Waals surface area contributed by atoms with Gasteiger partial charge >= 0.3 is 0 Å². The molecule has 7 nitrogen and oxygen atoms in total. The van der Waals surface area contributed by atoms with Crippen molar-refractivity contribution >= 4 is 5.95 Å². The highest BCUT2D eigenvalue weighted by atomic mass is 19.1. The molecule has 0 aliphatic carbocycles. The second-order valence-corrected chi connectivity index (χ2v) is 8.01. The highest BCUT2D eigenvalue weighted by Gasteiger charge is 2.24. The summed E-state index contributed by atoms with van der Waals surface area (Å²) in [5.74, 6) is 0.374. The molecular formula is C25H23FN6O. The Morgan fingerprint density at radius 3 is 2.42 bits per heavy atom. The third-order valence-electron chi connectivity index (χ3n) is 5.90. The minimum absolute atomic E-state index is 0.0839. The minimum atomic E-state index is -0.242. The molecule has 1 atom stereocenters. The van der Waals surface area contributed by atoms with E-state index in [1.54, 1.807) is 36.0 Å². The molecule has 1 aliphatic heterocycles. The topological polar surface area (TPSA) is 75.9 Å². The second-order valence-electron chi connectivity index (χ2n) is 8.01. The lowest BCUT2D eigenvalue weighted by molar-refractivity contribution is 0.462. The first-order chi connectivity index (χ1) is 16.1. The van der Waals surface area contributed by atoms with Crippen molar-refractivity contribution in [2.75, 3.05) is 24.5 Å². The van der Waals surface area contributed by atoms with E-state index in [9.17, 15) is 9.18 Å². The normalized spacial score (nSPS) is 16.1. The summed E-state index contributed by atoms with van der Waals surface area (Å²) in [4.78, 5) is 27.7. The molecule has 0 spiro atoms. The number of halogens is 1. The zero-order chi connectivity index (χ0) is 22.8.